The number of nitrogens with zero attached hydrogens (tertiary/aromatic N) is 2. The van der Waals surface area contributed by atoms with E-state index >= 15 is 0 Å². The van der Waals surface area contributed by atoms with E-state index in [0.717, 1.165) is 38.6 Å². The Bertz CT molecular complexity index is 400. The van der Waals surface area contributed by atoms with Crippen LogP contribution in [0.2, 0.25) is 0 Å². The van der Waals surface area contributed by atoms with Crippen molar-refractivity contribution in [3.05, 3.63) is 0 Å². The van der Waals surface area contributed by atoms with Gasteiger partial charge in [0.2, 0.25) is 5.91 Å². The second kappa shape index (κ2) is 6.67. The molecule has 2 fully saturated rings. The fraction of sp³-hybridized carbons (Fsp3) is 0.875. The zero-order valence-electron chi connectivity index (χ0n) is 13.3. The van der Waals surface area contributed by atoms with Crippen molar-refractivity contribution in [2.24, 2.45) is 22.2 Å². The van der Waals surface area contributed by atoms with E-state index in [0.29, 0.717) is 18.8 Å². The van der Waals surface area contributed by atoms with Crippen molar-refractivity contribution < 1.29 is 10.0 Å². The van der Waals surface area contributed by atoms with E-state index in [1.165, 1.54) is 6.42 Å². The van der Waals surface area contributed by atoms with E-state index in [1.807, 2.05) is 4.90 Å². The number of rotatable bonds is 2. The van der Waals surface area contributed by atoms with Gasteiger partial charge in [-0.05, 0) is 38.5 Å². The summed E-state index contributed by atoms with van der Waals surface area (Å²) < 4.78 is 0. The number of piperidine rings is 1. The minimum Gasteiger partial charge on any atom is -0.409 e. The standard InChI is InChI=1S/C16H29N3O2/c1-12-7-8-13(2)19(11-12)15(20)16(14(17)18-21)9-5-3-4-6-10-16/h12-13,21H,3-11H2,1-2H3,(H2,17,18). The second-order valence-corrected chi connectivity index (χ2v) is 6.97. The maximum atomic E-state index is 13.2. The van der Waals surface area contributed by atoms with Crippen LogP contribution in [0.25, 0.3) is 0 Å². The number of carbonyl (C=O) groups excluding carboxylic acids is 1. The highest BCUT2D eigenvalue weighted by Gasteiger charge is 2.47. The van der Waals surface area contributed by atoms with Crippen LogP contribution < -0.4 is 5.73 Å². The molecule has 1 aliphatic carbocycles. The van der Waals surface area contributed by atoms with E-state index in [9.17, 15) is 10.0 Å². The molecule has 0 bridgehead atoms. The summed E-state index contributed by atoms with van der Waals surface area (Å²) in [5.74, 6) is 0.721. The second-order valence-electron chi connectivity index (χ2n) is 6.97. The smallest absolute Gasteiger partial charge is 0.236 e. The Hall–Kier alpha value is -1.26. The average molecular weight is 295 g/mol. The average Bonchev–Trinajstić information content (AvgIpc) is 2.75. The first kappa shape index (κ1) is 16.1. The van der Waals surface area contributed by atoms with Gasteiger partial charge in [-0.2, -0.15) is 0 Å². The molecule has 2 aliphatic rings. The van der Waals surface area contributed by atoms with Crippen LogP contribution in [0.1, 0.15) is 65.2 Å². The lowest BCUT2D eigenvalue weighted by Crippen LogP contribution is -2.56. The largest absolute Gasteiger partial charge is 0.409 e. The Morgan fingerprint density at radius 1 is 1.19 bits per heavy atom. The number of hydrogen-bond acceptors (Lipinski definition) is 3. The van der Waals surface area contributed by atoms with Crippen LogP contribution in [-0.2, 0) is 4.79 Å². The third-order valence-electron chi connectivity index (χ3n) is 5.34. The van der Waals surface area contributed by atoms with Crippen LogP contribution in [-0.4, -0.2) is 34.4 Å². The van der Waals surface area contributed by atoms with E-state index < -0.39 is 5.41 Å². The van der Waals surface area contributed by atoms with Crippen molar-refractivity contribution in [2.75, 3.05) is 6.54 Å². The fourth-order valence-corrected chi connectivity index (χ4v) is 3.85. The van der Waals surface area contributed by atoms with Gasteiger partial charge in [-0.15, -0.1) is 0 Å². The molecular weight excluding hydrogens is 266 g/mol. The molecule has 5 heteroatoms. The molecular formula is C16H29N3O2. The maximum Gasteiger partial charge on any atom is 0.236 e. The molecule has 21 heavy (non-hydrogen) atoms. The topological polar surface area (TPSA) is 78.9 Å². The van der Waals surface area contributed by atoms with E-state index in [4.69, 9.17) is 5.73 Å². The molecule has 1 aliphatic heterocycles. The predicted molar refractivity (Wildman–Crippen MR) is 83.1 cm³/mol. The molecule has 0 aromatic carbocycles. The van der Waals surface area contributed by atoms with Crippen molar-refractivity contribution in [3.8, 4) is 0 Å². The summed E-state index contributed by atoms with van der Waals surface area (Å²) in [6.07, 6.45) is 7.82. The molecule has 0 aromatic rings. The predicted octanol–water partition coefficient (Wildman–Crippen LogP) is 2.72. The van der Waals surface area contributed by atoms with Crippen LogP contribution in [0.5, 0.6) is 0 Å². The lowest BCUT2D eigenvalue weighted by molar-refractivity contribution is -0.143. The number of nitrogens with two attached hydrogens (primary N) is 1. The van der Waals surface area contributed by atoms with Crippen molar-refractivity contribution in [3.63, 3.8) is 0 Å². The summed E-state index contributed by atoms with van der Waals surface area (Å²) in [5.41, 5.74) is 5.21. The third-order valence-corrected chi connectivity index (χ3v) is 5.34. The van der Waals surface area contributed by atoms with Crippen molar-refractivity contribution >= 4 is 11.7 Å². The van der Waals surface area contributed by atoms with Crippen molar-refractivity contribution in [1.29, 1.82) is 0 Å². The summed E-state index contributed by atoms with van der Waals surface area (Å²) in [5, 5.41) is 12.4. The van der Waals surface area contributed by atoms with Gasteiger partial charge in [0.05, 0.1) is 0 Å². The van der Waals surface area contributed by atoms with Crippen LogP contribution in [0.15, 0.2) is 5.16 Å². The quantitative estimate of drug-likeness (QED) is 0.270. The minimum atomic E-state index is -0.781. The Balaban J connectivity index is 2.29. The molecule has 0 radical (unpaired) electrons. The molecule has 5 nitrogen and oxygen atoms in total. The summed E-state index contributed by atoms with van der Waals surface area (Å²) in [4.78, 5) is 15.2. The lowest BCUT2D eigenvalue weighted by Gasteiger charge is -2.42. The molecule has 0 aromatic heterocycles. The summed E-state index contributed by atoms with van der Waals surface area (Å²) in [6, 6.07) is 0.250. The Kier molecular flexibility index (Phi) is 5.12. The van der Waals surface area contributed by atoms with Crippen LogP contribution in [0, 0.1) is 11.3 Å². The normalized spacial score (nSPS) is 30.8. The van der Waals surface area contributed by atoms with Crippen LogP contribution in [0.3, 0.4) is 0 Å². The fourth-order valence-electron chi connectivity index (χ4n) is 3.85. The summed E-state index contributed by atoms with van der Waals surface area (Å²) in [7, 11) is 0. The highest BCUT2D eigenvalue weighted by atomic mass is 16.4. The number of amides is 1. The highest BCUT2D eigenvalue weighted by molar-refractivity contribution is 6.06. The molecule has 2 unspecified atom stereocenters. The molecule has 3 N–H and O–H groups in total. The van der Waals surface area contributed by atoms with Gasteiger partial charge < -0.3 is 15.8 Å². The Morgan fingerprint density at radius 2 is 1.81 bits per heavy atom. The summed E-state index contributed by atoms with van der Waals surface area (Å²) >= 11 is 0. The van der Waals surface area contributed by atoms with Crippen molar-refractivity contribution in [2.45, 2.75) is 71.3 Å². The van der Waals surface area contributed by atoms with E-state index in [2.05, 4.69) is 19.0 Å². The SMILES string of the molecule is CC1CCC(C)N(C(=O)C2(C(N)=NO)CCCCCC2)C1. The van der Waals surface area contributed by atoms with Gasteiger partial charge in [-0.3, -0.25) is 4.79 Å². The van der Waals surface area contributed by atoms with Crippen LogP contribution >= 0.6 is 0 Å². The van der Waals surface area contributed by atoms with E-state index in [-0.39, 0.29) is 17.8 Å². The Morgan fingerprint density at radius 3 is 2.38 bits per heavy atom. The maximum absolute atomic E-state index is 13.2. The molecule has 1 heterocycles. The molecule has 1 saturated heterocycles. The number of likely N-dealkylation sites (tertiary alicyclic amines) is 1. The molecule has 1 amide bonds. The zero-order chi connectivity index (χ0) is 15.5. The highest BCUT2D eigenvalue weighted by Crippen LogP contribution is 2.39. The molecule has 0 spiro atoms. The number of carbonyl (C=O) groups is 1. The first-order valence-electron chi connectivity index (χ1n) is 8.30. The van der Waals surface area contributed by atoms with Gasteiger partial charge in [0.15, 0.2) is 5.84 Å². The van der Waals surface area contributed by atoms with Gasteiger partial charge in [-0.25, -0.2) is 0 Å². The van der Waals surface area contributed by atoms with Gasteiger partial charge >= 0.3 is 0 Å². The number of oxime groups is 1. The number of hydrogen-bond donors (Lipinski definition) is 2. The van der Waals surface area contributed by atoms with Gasteiger partial charge in [0, 0.05) is 12.6 Å². The van der Waals surface area contributed by atoms with Crippen molar-refractivity contribution in [1.82, 2.24) is 4.90 Å². The van der Waals surface area contributed by atoms with Gasteiger partial charge in [0.25, 0.3) is 0 Å². The van der Waals surface area contributed by atoms with Gasteiger partial charge in [0.1, 0.15) is 5.41 Å². The molecule has 120 valence electrons. The first-order valence-corrected chi connectivity index (χ1v) is 8.30. The Labute approximate surface area is 127 Å². The summed E-state index contributed by atoms with van der Waals surface area (Å²) in [6.45, 7) is 5.09. The lowest BCUT2D eigenvalue weighted by atomic mass is 9.76. The van der Waals surface area contributed by atoms with E-state index in [1.54, 1.807) is 0 Å². The third kappa shape index (κ3) is 3.16. The molecule has 1 saturated carbocycles. The first-order chi connectivity index (χ1) is 10.0. The van der Waals surface area contributed by atoms with Gasteiger partial charge in [-0.1, -0.05) is 37.8 Å². The monoisotopic (exact) mass is 295 g/mol. The van der Waals surface area contributed by atoms with Crippen LogP contribution in [0.4, 0.5) is 0 Å². The number of amidine groups is 1. The molecule has 2 rings (SSSR count). The zero-order valence-corrected chi connectivity index (χ0v) is 13.3. The minimum absolute atomic E-state index is 0.0822. The molecule has 2 atom stereocenters.